The average Bonchev–Trinajstić information content (AvgIpc) is 2.75. The van der Waals surface area contributed by atoms with Crippen molar-refractivity contribution in [1.82, 2.24) is 9.55 Å². The Morgan fingerprint density at radius 3 is 2.80 bits per heavy atom. The molecule has 1 aromatic heterocycles. The minimum Gasteiger partial charge on any atom is -0.329 e. The number of nitriles is 1. The zero-order valence-electron chi connectivity index (χ0n) is 10.0. The lowest BCUT2D eigenvalue weighted by Gasteiger charge is -2.07. The van der Waals surface area contributed by atoms with Crippen LogP contribution in [-0.2, 0) is 0 Å². The first kappa shape index (κ1) is 13.6. The molecular weight excluding hydrogens is 405 g/mol. The smallest absolute Gasteiger partial charge is 0.182 e. The number of hydrogen-bond donors (Lipinski definition) is 1. The van der Waals surface area contributed by atoms with Crippen LogP contribution in [0, 0.1) is 19.7 Å². The van der Waals surface area contributed by atoms with E-state index in [4.69, 9.17) is 29.1 Å². The highest BCUT2D eigenvalue weighted by Crippen LogP contribution is 2.27. The lowest BCUT2D eigenvalue weighted by atomic mass is 10.2. The molecule has 3 nitrogen and oxygen atoms in total. The van der Waals surface area contributed by atoms with E-state index in [0.29, 0.717) is 15.4 Å². The van der Waals surface area contributed by atoms with Crippen molar-refractivity contribution in [3.8, 4) is 11.8 Å². The van der Waals surface area contributed by atoms with E-state index in [1.165, 1.54) is 0 Å². The molecule has 0 saturated carbocycles. The number of H-pyrrole nitrogens is 1. The maximum Gasteiger partial charge on any atom is 0.182 e. The van der Waals surface area contributed by atoms with Crippen molar-refractivity contribution >= 4 is 57.4 Å². The second-order valence-corrected chi connectivity index (χ2v) is 6.16. The van der Waals surface area contributed by atoms with Crippen molar-refractivity contribution in [2.75, 3.05) is 0 Å². The first-order valence-electron chi connectivity index (χ1n) is 5.71. The van der Waals surface area contributed by atoms with Crippen LogP contribution in [-0.4, -0.2) is 9.55 Å². The van der Waals surface area contributed by atoms with E-state index in [1.54, 1.807) is 6.07 Å². The summed E-state index contributed by atoms with van der Waals surface area (Å²) in [5, 5.41) is 9.85. The topological polar surface area (TPSA) is 44.5 Å². The summed E-state index contributed by atoms with van der Waals surface area (Å²) in [7, 11) is 0. The Morgan fingerprint density at radius 2 is 2.10 bits per heavy atom. The minimum absolute atomic E-state index is 0.558. The Hall–Kier alpha value is -1.36. The molecule has 0 aliphatic rings. The first-order chi connectivity index (χ1) is 9.61. The molecule has 3 aromatic rings. The summed E-state index contributed by atoms with van der Waals surface area (Å²) in [4.78, 5) is 3.11. The molecule has 0 atom stereocenters. The second-order valence-electron chi connectivity index (χ2n) is 4.17. The van der Waals surface area contributed by atoms with Gasteiger partial charge in [0.25, 0.3) is 0 Å². The number of hydrogen-bond acceptors (Lipinski definition) is 2. The van der Waals surface area contributed by atoms with Gasteiger partial charge in [0.1, 0.15) is 6.07 Å². The standard InChI is InChI=1S/C14H7ClIN3S/c15-9-4-5-11(10(16)6-9)19-12-3-1-2-8(7-17)13(12)18-14(19)20/h1-6H,(H,18,20). The highest BCUT2D eigenvalue weighted by Gasteiger charge is 2.12. The molecule has 6 heteroatoms. The Bertz CT molecular complexity index is 920. The molecular formula is C14H7ClIN3S. The maximum absolute atomic E-state index is 9.17. The average molecular weight is 412 g/mol. The summed E-state index contributed by atoms with van der Waals surface area (Å²) in [5.74, 6) is 0. The predicted molar refractivity (Wildman–Crippen MR) is 90.9 cm³/mol. The van der Waals surface area contributed by atoms with Crippen LogP contribution >= 0.6 is 46.4 Å². The summed E-state index contributed by atoms with van der Waals surface area (Å²) in [6.07, 6.45) is 0. The van der Waals surface area contributed by atoms with Gasteiger partial charge in [0.2, 0.25) is 0 Å². The number of benzene rings is 2. The van der Waals surface area contributed by atoms with Gasteiger partial charge in [-0.25, -0.2) is 0 Å². The second kappa shape index (κ2) is 5.20. The third kappa shape index (κ3) is 2.14. The van der Waals surface area contributed by atoms with Crippen molar-refractivity contribution in [2.24, 2.45) is 0 Å². The summed E-state index contributed by atoms with van der Waals surface area (Å²) >= 11 is 13.6. The van der Waals surface area contributed by atoms with Gasteiger partial charge in [-0.15, -0.1) is 0 Å². The molecule has 1 heterocycles. The molecule has 2 aromatic carbocycles. The quantitative estimate of drug-likeness (QED) is 0.461. The molecule has 0 fully saturated rings. The van der Waals surface area contributed by atoms with E-state index in [-0.39, 0.29) is 0 Å². The van der Waals surface area contributed by atoms with Crippen molar-refractivity contribution in [2.45, 2.75) is 0 Å². The van der Waals surface area contributed by atoms with Gasteiger partial charge in [-0.1, -0.05) is 17.7 Å². The maximum atomic E-state index is 9.17. The van der Waals surface area contributed by atoms with Gasteiger partial charge in [-0.2, -0.15) is 5.26 Å². The highest BCUT2D eigenvalue weighted by molar-refractivity contribution is 14.1. The van der Waals surface area contributed by atoms with Gasteiger partial charge in [0.05, 0.1) is 22.3 Å². The Morgan fingerprint density at radius 1 is 1.30 bits per heavy atom. The van der Waals surface area contributed by atoms with Gasteiger partial charge in [0.15, 0.2) is 4.77 Å². The van der Waals surface area contributed by atoms with Crippen molar-refractivity contribution in [1.29, 1.82) is 5.26 Å². The van der Waals surface area contributed by atoms with E-state index in [2.05, 4.69) is 33.6 Å². The lowest BCUT2D eigenvalue weighted by Crippen LogP contribution is -1.96. The molecule has 98 valence electrons. The van der Waals surface area contributed by atoms with Crippen LogP contribution in [0.15, 0.2) is 36.4 Å². The third-order valence-corrected chi connectivity index (χ3v) is 4.37. The number of halogens is 2. The van der Waals surface area contributed by atoms with Crippen LogP contribution in [0.3, 0.4) is 0 Å². The van der Waals surface area contributed by atoms with Gasteiger partial charge in [-0.3, -0.25) is 4.57 Å². The molecule has 3 rings (SSSR count). The molecule has 0 saturated heterocycles. The molecule has 0 radical (unpaired) electrons. The monoisotopic (exact) mass is 411 g/mol. The summed E-state index contributed by atoms with van der Waals surface area (Å²) < 4.78 is 3.47. The van der Waals surface area contributed by atoms with Crippen LogP contribution in [0.25, 0.3) is 16.7 Å². The molecule has 20 heavy (non-hydrogen) atoms. The van der Waals surface area contributed by atoms with E-state index >= 15 is 0 Å². The predicted octanol–water partition coefficient (Wildman–Crippen LogP) is 4.82. The lowest BCUT2D eigenvalue weighted by molar-refractivity contribution is 1.06. The normalized spacial score (nSPS) is 10.7. The van der Waals surface area contributed by atoms with Gasteiger partial charge in [-0.05, 0) is 65.1 Å². The third-order valence-electron chi connectivity index (χ3n) is 2.99. The van der Waals surface area contributed by atoms with Crippen LogP contribution in [0.1, 0.15) is 5.56 Å². The number of nitrogens with one attached hydrogen (secondary N) is 1. The van der Waals surface area contributed by atoms with Crippen LogP contribution in [0.4, 0.5) is 0 Å². The Labute approximate surface area is 138 Å². The minimum atomic E-state index is 0.558. The molecule has 0 aliphatic heterocycles. The van der Waals surface area contributed by atoms with E-state index in [0.717, 1.165) is 20.3 Å². The van der Waals surface area contributed by atoms with Crippen molar-refractivity contribution < 1.29 is 0 Å². The number of aromatic nitrogens is 2. The number of rotatable bonds is 1. The number of fused-ring (bicyclic) bond motifs is 1. The number of imidazole rings is 1. The SMILES string of the molecule is N#Cc1cccc2c1[nH]c(=S)n2-c1ccc(Cl)cc1I. The number of aromatic amines is 1. The zero-order chi connectivity index (χ0) is 14.3. The van der Waals surface area contributed by atoms with Gasteiger partial charge in [0, 0.05) is 8.59 Å². The summed E-state index contributed by atoms with van der Waals surface area (Å²) in [6, 6.07) is 13.4. The summed E-state index contributed by atoms with van der Waals surface area (Å²) in [6.45, 7) is 0. The number of para-hydroxylation sites is 1. The van der Waals surface area contributed by atoms with Crippen LogP contribution < -0.4 is 0 Å². The van der Waals surface area contributed by atoms with Gasteiger partial charge >= 0.3 is 0 Å². The van der Waals surface area contributed by atoms with Crippen molar-refractivity contribution in [3.63, 3.8) is 0 Å². The fourth-order valence-electron chi connectivity index (χ4n) is 2.13. The van der Waals surface area contributed by atoms with E-state index in [1.807, 2.05) is 34.9 Å². The van der Waals surface area contributed by atoms with Crippen LogP contribution in [0.2, 0.25) is 5.02 Å². The number of nitrogens with zero attached hydrogens (tertiary/aromatic N) is 2. The Kier molecular flexibility index (Phi) is 3.54. The zero-order valence-corrected chi connectivity index (χ0v) is 13.8. The molecule has 0 unspecified atom stereocenters. The molecule has 0 spiro atoms. The summed E-state index contributed by atoms with van der Waals surface area (Å²) in [5.41, 5.74) is 3.16. The highest BCUT2D eigenvalue weighted by atomic mass is 127. The van der Waals surface area contributed by atoms with Crippen LogP contribution in [0.5, 0.6) is 0 Å². The fourth-order valence-corrected chi connectivity index (χ4v) is 3.54. The largest absolute Gasteiger partial charge is 0.329 e. The van der Waals surface area contributed by atoms with Crippen molar-refractivity contribution in [3.05, 3.63) is 55.3 Å². The van der Waals surface area contributed by atoms with Gasteiger partial charge < -0.3 is 4.98 Å². The molecule has 0 bridgehead atoms. The molecule has 0 amide bonds. The van der Waals surface area contributed by atoms with E-state index in [9.17, 15) is 0 Å². The molecule has 0 aliphatic carbocycles. The Balaban J connectivity index is 2.41. The molecule has 1 N–H and O–H groups in total. The fraction of sp³-hybridized carbons (Fsp3) is 0. The first-order valence-corrected chi connectivity index (χ1v) is 7.57. The van der Waals surface area contributed by atoms with E-state index < -0.39 is 0 Å².